The highest BCUT2D eigenvalue weighted by molar-refractivity contribution is 9.10. The van der Waals surface area contributed by atoms with Crippen molar-refractivity contribution in [3.8, 4) is 5.75 Å². The van der Waals surface area contributed by atoms with Crippen molar-refractivity contribution in [2.75, 3.05) is 13.7 Å². The normalized spacial score (nSPS) is 10.0. The van der Waals surface area contributed by atoms with Crippen LogP contribution in [0.5, 0.6) is 5.75 Å². The first-order chi connectivity index (χ1) is 9.02. The van der Waals surface area contributed by atoms with E-state index in [0.717, 1.165) is 15.8 Å². The van der Waals surface area contributed by atoms with Gasteiger partial charge >= 0.3 is 5.97 Å². The van der Waals surface area contributed by atoms with E-state index in [9.17, 15) is 9.59 Å². The molecule has 1 aromatic rings. The van der Waals surface area contributed by atoms with Crippen LogP contribution in [0.1, 0.15) is 18.4 Å². The van der Waals surface area contributed by atoms with Crippen molar-refractivity contribution in [3.63, 3.8) is 0 Å². The van der Waals surface area contributed by atoms with Crippen LogP contribution in [0.25, 0.3) is 0 Å². The summed E-state index contributed by atoms with van der Waals surface area (Å²) in [5, 5.41) is 11.1. The third-order valence-electron chi connectivity index (χ3n) is 2.52. The Morgan fingerprint density at radius 2 is 2.11 bits per heavy atom. The Bertz CT molecular complexity index is 462. The van der Waals surface area contributed by atoms with Crippen molar-refractivity contribution in [3.05, 3.63) is 28.2 Å². The molecule has 5 nitrogen and oxygen atoms in total. The lowest BCUT2D eigenvalue weighted by Crippen LogP contribution is -2.26. The highest BCUT2D eigenvalue weighted by Crippen LogP contribution is 2.23. The van der Waals surface area contributed by atoms with Gasteiger partial charge in [-0.25, -0.2) is 0 Å². The molecule has 0 aliphatic heterocycles. The number of hydrogen-bond donors (Lipinski definition) is 2. The van der Waals surface area contributed by atoms with Gasteiger partial charge in [0.25, 0.3) is 0 Å². The number of amides is 1. The standard InChI is InChI=1S/C13H16BrNO4/c1-19-11-3-2-10(14)8-9(11)6-7-15-12(16)4-5-13(17)18/h2-3,8H,4-7H2,1H3,(H,15,16)(H,17,18). The van der Waals surface area contributed by atoms with Gasteiger partial charge in [-0.15, -0.1) is 0 Å². The number of carboxylic acids is 1. The van der Waals surface area contributed by atoms with Gasteiger partial charge in [-0.2, -0.15) is 0 Å². The summed E-state index contributed by atoms with van der Waals surface area (Å²) in [5.74, 6) is -0.455. The van der Waals surface area contributed by atoms with Crippen molar-refractivity contribution in [1.82, 2.24) is 5.32 Å². The minimum atomic E-state index is -0.969. The molecule has 0 bridgehead atoms. The quantitative estimate of drug-likeness (QED) is 0.802. The highest BCUT2D eigenvalue weighted by Gasteiger charge is 2.07. The number of halogens is 1. The largest absolute Gasteiger partial charge is 0.496 e. The van der Waals surface area contributed by atoms with E-state index in [1.807, 2.05) is 18.2 Å². The molecular formula is C13H16BrNO4. The average molecular weight is 330 g/mol. The number of rotatable bonds is 7. The number of carboxylic acid groups (broad SMARTS) is 1. The average Bonchev–Trinajstić information content (AvgIpc) is 2.36. The van der Waals surface area contributed by atoms with Crippen LogP contribution in [-0.2, 0) is 16.0 Å². The Morgan fingerprint density at radius 1 is 1.37 bits per heavy atom. The maximum Gasteiger partial charge on any atom is 0.303 e. The molecule has 0 spiro atoms. The summed E-state index contributed by atoms with van der Waals surface area (Å²) in [6, 6.07) is 5.67. The first-order valence-corrected chi connectivity index (χ1v) is 6.63. The zero-order valence-electron chi connectivity index (χ0n) is 10.6. The predicted octanol–water partition coefficient (Wildman–Crippen LogP) is 1.98. The van der Waals surface area contributed by atoms with Crippen LogP contribution in [0.2, 0.25) is 0 Å². The number of hydrogen-bond acceptors (Lipinski definition) is 3. The number of methoxy groups -OCH3 is 1. The molecule has 2 N–H and O–H groups in total. The number of benzene rings is 1. The predicted molar refractivity (Wildman–Crippen MR) is 74.3 cm³/mol. The molecule has 0 aliphatic carbocycles. The summed E-state index contributed by atoms with van der Waals surface area (Å²) >= 11 is 3.38. The lowest BCUT2D eigenvalue weighted by molar-refractivity contribution is -0.138. The van der Waals surface area contributed by atoms with Crippen molar-refractivity contribution in [1.29, 1.82) is 0 Å². The minimum absolute atomic E-state index is 0.00491. The molecule has 6 heteroatoms. The fourth-order valence-corrected chi connectivity index (χ4v) is 2.00. The van der Waals surface area contributed by atoms with E-state index in [1.54, 1.807) is 7.11 Å². The first-order valence-electron chi connectivity index (χ1n) is 5.84. The molecule has 0 atom stereocenters. The maximum absolute atomic E-state index is 11.3. The lowest BCUT2D eigenvalue weighted by Gasteiger charge is -2.09. The smallest absolute Gasteiger partial charge is 0.303 e. The molecule has 0 radical (unpaired) electrons. The molecule has 0 unspecified atom stereocenters. The number of nitrogens with one attached hydrogen (secondary N) is 1. The van der Waals surface area contributed by atoms with Gasteiger partial charge in [-0.3, -0.25) is 9.59 Å². The van der Waals surface area contributed by atoms with Crippen LogP contribution in [0, 0.1) is 0 Å². The topological polar surface area (TPSA) is 75.6 Å². The highest BCUT2D eigenvalue weighted by atomic mass is 79.9. The van der Waals surface area contributed by atoms with Gasteiger partial charge in [0.2, 0.25) is 5.91 Å². The van der Waals surface area contributed by atoms with Gasteiger partial charge in [0, 0.05) is 17.4 Å². The molecule has 104 valence electrons. The van der Waals surface area contributed by atoms with E-state index < -0.39 is 5.97 Å². The monoisotopic (exact) mass is 329 g/mol. The van der Waals surface area contributed by atoms with Crippen LogP contribution in [-0.4, -0.2) is 30.6 Å². The van der Waals surface area contributed by atoms with E-state index in [4.69, 9.17) is 9.84 Å². The van der Waals surface area contributed by atoms with Crippen LogP contribution in [0.3, 0.4) is 0 Å². The number of carbonyl (C=O) groups is 2. The van der Waals surface area contributed by atoms with Gasteiger partial charge in [0.15, 0.2) is 0 Å². The maximum atomic E-state index is 11.3. The van der Waals surface area contributed by atoms with E-state index in [1.165, 1.54) is 0 Å². The van der Waals surface area contributed by atoms with Gasteiger partial charge in [-0.1, -0.05) is 15.9 Å². The molecule has 0 heterocycles. The van der Waals surface area contributed by atoms with Crippen LogP contribution < -0.4 is 10.1 Å². The SMILES string of the molecule is COc1ccc(Br)cc1CCNC(=O)CCC(=O)O. The lowest BCUT2D eigenvalue weighted by atomic mass is 10.1. The van der Waals surface area contributed by atoms with E-state index >= 15 is 0 Å². The fourth-order valence-electron chi connectivity index (χ4n) is 1.59. The third-order valence-corrected chi connectivity index (χ3v) is 3.02. The molecule has 0 aliphatic rings. The van der Waals surface area contributed by atoms with E-state index in [-0.39, 0.29) is 18.7 Å². The van der Waals surface area contributed by atoms with Crippen molar-refractivity contribution >= 4 is 27.8 Å². The van der Waals surface area contributed by atoms with Crippen LogP contribution in [0.4, 0.5) is 0 Å². The number of ether oxygens (including phenoxy) is 1. The number of carbonyl (C=O) groups excluding carboxylic acids is 1. The molecule has 0 aromatic heterocycles. The summed E-state index contributed by atoms with van der Waals surface area (Å²) in [5.41, 5.74) is 0.982. The summed E-state index contributed by atoms with van der Waals surface area (Å²) in [7, 11) is 1.60. The second-order valence-electron chi connectivity index (χ2n) is 3.95. The summed E-state index contributed by atoms with van der Waals surface area (Å²) < 4.78 is 6.17. The Labute approximate surface area is 120 Å². The van der Waals surface area contributed by atoms with Gasteiger partial charge < -0.3 is 15.2 Å². The third kappa shape index (κ3) is 5.74. The Hall–Kier alpha value is -1.56. The summed E-state index contributed by atoms with van der Waals surface area (Å²) in [4.78, 5) is 21.7. The molecular weight excluding hydrogens is 314 g/mol. The summed E-state index contributed by atoms with van der Waals surface area (Å²) in [6.07, 6.45) is 0.485. The second kappa shape index (κ2) is 7.78. The second-order valence-corrected chi connectivity index (χ2v) is 4.87. The van der Waals surface area contributed by atoms with Crippen molar-refractivity contribution in [2.24, 2.45) is 0 Å². The zero-order chi connectivity index (χ0) is 14.3. The molecule has 0 saturated heterocycles. The van der Waals surface area contributed by atoms with Gasteiger partial charge in [0.1, 0.15) is 5.75 Å². The van der Waals surface area contributed by atoms with Gasteiger partial charge in [-0.05, 0) is 30.2 Å². The first kappa shape index (κ1) is 15.5. The number of aliphatic carboxylic acids is 1. The van der Waals surface area contributed by atoms with Crippen LogP contribution >= 0.6 is 15.9 Å². The van der Waals surface area contributed by atoms with E-state index in [2.05, 4.69) is 21.2 Å². The van der Waals surface area contributed by atoms with Crippen LogP contribution in [0.15, 0.2) is 22.7 Å². The molecule has 0 saturated carbocycles. The van der Waals surface area contributed by atoms with Gasteiger partial charge in [0.05, 0.1) is 13.5 Å². The minimum Gasteiger partial charge on any atom is -0.496 e. The molecule has 1 amide bonds. The Morgan fingerprint density at radius 3 is 2.74 bits per heavy atom. The van der Waals surface area contributed by atoms with E-state index in [0.29, 0.717) is 13.0 Å². The van der Waals surface area contributed by atoms with Crippen molar-refractivity contribution in [2.45, 2.75) is 19.3 Å². The Balaban J connectivity index is 2.42. The molecule has 19 heavy (non-hydrogen) atoms. The fraction of sp³-hybridized carbons (Fsp3) is 0.385. The van der Waals surface area contributed by atoms with Crippen molar-refractivity contribution < 1.29 is 19.4 Å². The Kier molecular flexibility index (Phi) is 6.35. The molecule has 1 rings (SSSR count). The summed E-state index contributed by atoms with van der Waals surface area (Å²) in [6.45, 7) is 0.450. The molecule has 1 aromatic carbocycles. The zero-order valence-corrected chi connectivity index (χ0v) is 12.2. The molecule has 0 fully saturated rings.